The van der Waals surface area contributed by atoms with Crippen molar-refractivity contribution in [3.63, 3.8) is 0 Å². The second kappa shape index (κ2) is 7.25. The van der Waals surface area contributed by atoms with E-state index in [0.29, 0.717) is 5.56 Å². The van der Waals surface area contributed by atoms with Gasteiger partial charge in [0.1, 0.15) is 6.04 Å². The molecule has 1 aromatic rings. The highest BCUT2D eigenvalue weighted by atomic mass is 16.5. The Morgan fingerprint density at radius 1 is 1.30 bits per heavy atom. The maximum absolute atomic E-state index is 12.0. The van der Waals surface area contributed by atoms with Crippen molar-refractivity contribution in [3.8, 4) is 0 Å². The van der Waals surface area contributed by atoms with Crippen LogP contribution in [0.15, 0.2) is 30.3 Å². The van der Waals surface area contributed by atoms with Gasteiger partial charge in [-0.15, -0.1) is 0 Å². The zero-order chi connectivity index (χ0) is 15.1. The van der Waals surface area contributed by atoms with Gasteiger partial charge in [0.25, 0.3) is 5.91 Å². The summed E-state index contributed by atoms with van der Waals surface area (Å²) in [4.78, 5) is 33.8. The average Bonchev–Trinajstić information content (AvgIpc) is 2.39. The van der Waals surface area contributed by atoms with Crippen LogP contribution in [0.25, 0.3) is 0 Å². The lowest BCUT2D eigenvalue weighted by Gasteiger charge is -2.19. The summed E-state index contributed by atoms with van der Waals surface area (Å²) < 4.78 is 5.07. The molecule has 1 aromatic carbocycles. The lowest BCUT2D eigenvalue weighted by Crippen LogP contribution is -2.47. The van der Waals surface area contributed by atoms with Crippen LogP contribution in [0, 0.1) is 0 Å². The average molecular weight is 280 g/mol. The second-order valence-corrected chi connectivity index (χ2v) is 4.09. The Hall–Kier alpha value is -2.41. The number of carboxylic acids is 1. The molecule has 0 bridgehead atoms. The van der Waals surface area contributed by atoms with E-state index >= 15 is 0 Å². The first-order chi connectivity index (χ1) is 9.45. The van der Waals surface area contributed by atoms with Gasteiger partial charge in [0.2, 0.25) is 5.91 Å². The molecule has 108 valence electrons. The molecule has 0 fully saturated rings. The Morgan fingerprint density at radius 2 is 1.90 bits per heavy atom. The Kier molecular flexibility index (Phi) is 5.67. The molecule has 0 aliphatic carbocycles. The van der Waals surface area contributed by atoms with Crippen LogP contribution >= 0.6 is 0 Å². The van der Waals surface area contributed by atoms with E-state index in [1.807, 2.05) is 0 Å². The zero-order valence-corrected chi connectivity index (χ0v) is 10.9. The molecule has 0 saturated heterocycles. The van der Waals surface area contributed by atoms with E-state index < -0.39 is 36.4 Å². The number of amides is 2. The number of nitrogens with one attached hydrogen (secondary N) is 1. The van der Waals surface area contributed by atoms with E-state index in [0.717, 1.165) is 0 Å². The number of hydrogen-bond acceptors (Lipinski definition) is 4. The number of nitrogens with two attached hydrogens (primary N) is 1. The van der Waals surface area contributed by atoms with Gasteiger partial charge in [-0.2, -0.15) is 0 Å². The minimum absolute atomic E-state index is 0.577. The smallest absolute Gasteiger partial charge is 0.305 e. The van der Waals surface area contributed by atoms with Gasteiger partial charge in [0.15, 0.2) is 6.10 Å². The third kappa shape index (κ3) is 4.36. The molecule has 4 N–H and O–H groups in total. The van der Waals surface area contributed by atoms with Crippen molar-refractivity contribution in [1.29, 1.82) is 0 Å². The number of benzene rings is 1. The summed E-state index contributed by atoms with van der Waals surface area (Å²) in [5.41, 5.74) is 5.64. The molecule has 2 atom stereocenters. The monoisotopic (exact) mass is 280 g/mol. The lowest BCUT2D eigenvalue weighted by atomic mass is 10.1. The Bertz CT molecular complexity index is 489. The van der Waals surface area contributed by atoms with Crippen LogP contribution < -0.4 is 11.1 Å². The maximum atomic E-state index is 12.0. The van der Waals surface area contributed by atoms with Gasteiger partial charge in [-0.05, 0) is 5.56 Å². The van der Waals surface area contributed by atoms with E-state index in [1.54, 1.807) is 30.3 Å². The molecule has 0 aliphatic heterocycles. The third-order valence-electron chi connectivity index (χ3n) is 2.61. The standard InChI is InChI=1S/C13H16N2O5/c1-20-11(8-5-3-2-4-6-8)13(19)15-9(12(14)18)7-10(16)17/h2-6,9,11H,7H2,1H3,(H2,14,18)(H,15,19)(H,16,17)/t9-,11-/m0/s1. The van der Waals surface area contributed by atoms with E-state index in [1.165, 1.54) is 7.11 Å². The number of primary amides is 1. The molecule has 1 rings (SSSR count). The number of ether oxygens (including phenoxy) is 1. The molecular weight excluding hydrogens is 264 g/mol. The molecule has 2 amide bonds. The van der Waals surface area contributed by atoms with Gasteiger partial charge < -0.3 is 20.9 Å². The largest absolute Gasteiger partial charge is 0.481 e. The predicted octanol–water partition coefficient (Wildman–Crippen LogP) is -0.181. The highest BCUT2D eigenvalue weighted by molar-refractivity contribution is 5.91. The van der Waals surface area contributed by atoms with E-state index in [9.17, 15) is 14.4 Å². The second-order valence-electron chi connectivity index (χ2n) is 4.09. The van der Waals surface area contributed by atoms with Crippen LogP contribution in [-0.4, -0.2) is 36.0 Å². The van der Waals surface area contributed by atoms with E-state index in [2.05, 4.69) is 5.32 Å². The number of carboxylic acid groups (broad SMARTS) is 1. The Morgan fingerprint density at radius 3 is 2.35 bits per heavy atom. The van der Waals surface area contributed by atoms with Crippen molar-refractivity contribution in [3.05, 3.63) is 35.9 Å². The molecule has 7 nitrogen and oxygen atoms in total. The number of hydrogen-bond donors (Lipinski definition) is 3. The number of carbonyl (C=O) groups excluding carboxylic acids is 2. The van der Waals surface area contributed by atoms with Crippen molar-refractivity contribution in [1.82, 2.24) is 5.32 Å². The highest BCUT2D eigenvalue weighted by Gasteiger charge is 2.26. The zero-order valence-electron chi connectivity index (χ0n) is 10.9. The van der Waals surface area contributed by atoms with Gasteiger partial charge in [0, 0.05) is 7.11 Å². The molecule has 0 unspecified atom stereocenters. The van der Waals surface area contributed by atoms with Crippen LogP contribution in [0.2, 0.25) is 0 Å². The molecular formula is C13H16N2O5. The molecule has 0 heterocycles. The van der Waals surface area contributed by atoms with Crippen molar-refractivity contribution < 1.29 is 24.2 Å². The van der Waals surface area contributed by atoms with Gasteiger partial charge in [0.05, 0.1) is 6.42 Å². The summed E-state index contributed by atoms with van der Waals surface area (Å²) in [5, 5.41) is 10.9. The van der Waals surface area contributed by atoms with Gasteiger partial charge >= 0.3 is 5.97 Å². The van der Waals surface area contributed by atoms with Crippen LogP contribution in [0.5, 0.6) is 0 Å². The highest BCUT2D eigenvalue weighted by Crippen LogP contribution is 2.16. The van der Waals surface area contributed by atoms with Crippen LogP contribution in [-0.2, 0) is 19.1 Å². The number of rotatable bonds is 7. The predicted molar refractivity (Wildman–Crippen MR) is 69.6 cm³/mol. The fourth-order valence-electron chi connectivity index (χ4n) is 1.67. The molecule has 20 heavy (non-hydrogen) atoms. The van der Waals surface area contributed by atoms with Gasteiger partial charge in [-0.1, -0.05) is 30.3 Å². The van der Waals surface area contributed by atoms with Crippen LogP contribution in [0.1, 0.15) is 18.1 Å². The third-order valence-corrected chi connectivity index (χ3v) is 2.61. The number of carbonyl (C=O) groups is 3. The quantitative estimate of drug-likeness (QED) is 0.640. The molecule has 0 aliphatic rings. The summed E-state index contributed by atoms with van der Waals surface area (Å²) >= 11 is 0. The number of methoxy groups -OCH3 is 1. The first kappa shape index (κ1) is 15.6. The molecule has 0 saturated carbocycles. The van der Waals surface area contributed by atoms with Crippen LogP contribution in [0.3, 0.4) is 0 Å². The summed E-state index contributed by atoms with van der Waals surface area (Å²) in [6, 6.07) is 7.34. The minimum atomic E-state index is -1.28. The topological polar surface area (TPSA) is 119 Å². The van der Waals surface area contributed by atoms with Crippen molar-refractivity contribution in [2.24, 2.45) is 5.73 Å². The summed E-state index contributed by atoms with van der Waals surface area (Å²) in [5.74, 6) is -2.77. The minimum Gasteiger partial charge on any atom is -0.481 e. The Labute approximate surface area is 115 Å². The Balaban J connectivity index is 2.81. The molecule has 0 spiro atoms. The summed E-state index contributed by atoms with van der Waals surface area (Å²) in [7, 11) is 1.34. The first-order valence-corrected chi connectivity index (χ1v) is 5.85. The van der Waals surface area contributed by atoms with Crippen LogP contribution in [0.4, 0.5) is 0 Å². The van der Waals surface area contributed by atoms with E-state index in [4.69, 9.17) is 15.6 Å². The van der Waals surface area contributed by atoms with Crippen molar-refractivity contribution in [2.75, 3.05) is 7.11 Å². The van der Waals surface area contributed by atoms with Crippen molar-refractivity contribution in [2.45, 2.75) is 18.6 Å². The first-order valence-electron chi connectivity index (χ1n) is 5.85. The van der Waals surface area contributed by atoms with Crippen molar-refractivity contribution >= 4 is 17.8 Å². The summed E-state index contributed by atoms with van der Waals surface area (Å²) in [6.07, 6.45) is -1.52. The fourth-order valence-corrected chi connectivity index (χ4v) is 1.67. The van der Waals surface area contributed by atoms with Gasteiger partial charge in [-0.3, -0.25) is 14.4 Å². The number of aliphatic carboxylic acids is 1. The molecule has 7 heteroatoms. The normalized spacial score (nSPS) is 13.2. The van der Waals surface area contributed by atoms with Gasteiger partial charge in [-0.25, -0.2) is 0 Å². The van der Waals surface area contributed by atoms with E-state index in [-0.39, 0.29) is 0 Å². The lowest BCUT2D eigenvalue weighted by molar-refractivity contribution is -0.141. The maximum Gasteiger partial charge on any atom is 0.305 e. The SMILES string of the molecule is CO[C@H](C(=O)N[C@@H](CC(=O)O)C(N)=O)c1ccccc1. The summed E-state index contributed by atoms with van der Waals surface area (Å²) in [6.45, 7) is 0. The molecule has 0 aromatic heterocycles. The fraction of sp³-hybridized carbons (Fsp3) is 0.308. The molecule has 0 radical (unpaired) electrons.